The maximum absolute atomic E-state index is 4.49. The standard InChI is InChI=1S/C19H29N5/c1-4-23(5-2)18(16-13-11-15(3)12-14-16)19-20-21-22-24(19)17-9-7-6-8-10-17/h11-14,17-18H,4-10H2,1-3H3/p+1/t18-/m1/s1. The number of quaternary nitrogens is 1. The lowest BCUT2D eigenvalue weighted by molar-refractivity contribution is -0.923. The number of tetrazole rings is 1. The largest absolute Gasteiger partial charge is 0.323 e. The van der Waals surface area contributed by atoms with Crippen LogP contribution in [-0.2, 0) is 0 Å². The molecule has 1 fully saturated rings. The van der Waals surface area contributed by atoms with Crippen LogP contribution in [0.3, 0.4) is 0 Å². The Kier molecular flexibility index (Phi) is 5.61. The van der Waals surface area contributed by atoms with Gasteiger partial charge in [-0.25, -0.2) is 4.68 Å². The van der Waals surface area contributed by atoms with Gasteiger partial charge in [-0.3, -0.25) is 0 Å². The molecule has 0 radical (unpaired) electrons. The normalized spacial score (nSPS) is 17.3. The first-order valence-electron chi connectivity index (χ1n) is 9.43. The summed E-state index contributed by atoms with van der Waals surface area (Å²) in [6, 6.07) is 9.54. The maximum Gasteiger partial charge on any atom is 0.214 e. The van der Waals surface area contributed by atoms with E-state index in [1.165, 1.54) is 48.1 Å². The first-order chi connectivity index (χ1) is 11.7. The highest BCUT2D eigenvalue weighted by molar-refractivity contribution is 5.26. The molecule has 1 heterocycles. The topological polar surface area (TPSA) is 48.0 Å². The molecule has 1 atom stereocenters. The van der Waals surface area contributed by atoms with Crippen molar-refractivity contribution in [3.05, 3.63) is 41.2 Å². The van der Waals surface area contributed by atoms with Crippen molar-refractivity contribution in [3.63, 3.8) is 0 Å². The van der Waals surface area contributed by atoms with E-state index in [2.05, 4.69) is 65.2 Å². The van der Waals surface area contributed by atoms with Gasteiger partial charge in [-0.2, -0.15) is 0 Å². The van der Waals surface area contributed by atoms with Gasteiger partial charge in [0.1, 0.15) is 0 Å². The molecule has 1 aromatic carbocycles. The molecule has 0 unspecified atom stereocenters. The molecule has 1 N–H and O–H groups in total. The van der Waals surface area contributed by atoms with Gasteiger partial charge in [-0.15, -0.1) is 5.10 Å². The fraction of sp³-hybridized carbons (Fsp3) is 0.632. The summed E-state index contributed by atoms with van der Waals surface area (Å²) in [5.41, 5.74) is 2.60. The summed E-state index contributed by atoms with van der Waals surface area (Å²) in [6.07, 6.45) is 6.32. The van der Waals surface area contributed by atoms with Gasteiger partial charge in [0.2, 0.25) is 5.82 Å². The van der Waals surface area contributed by atoms with E-state index in [-0.39, 0.29) is 6.04 Å². The summed E-state index contributed by atoms with van der Waals surface area (Å²) in [5.74, 6) is 1.03. The summed E-state index contributed by atoms with van der Waals surface area (Å²) >= 11 is 0. The van der Waals surface area contributed by atoms with Gasteiger partial charge in [0, 0.05) is 5.56 Å². The molecule has 24 heavy (non-hydrogen) atoms. The van der Waals surface area contributed by atoms with Gasteiger partial charge in [0.05, 0.1) is 19.1 Å². The third kappa shape index (κ3) is 3.51. The van der Waals surface area contributed by atoms with Crippen LogP contribution in [0.15, 0.2) is 24.3 Å². The molecule has 2 aromatic rings. The van der Waals surface area contributed by atoms with Crippen LogP contribution in [0.25, 0.3) is 0 Å². The Morgan fingerprint density at radius 1 is 1.08 bits per heavy atom. The van der Waals surface area contributed by atoms with E-state index in [0.717, 1.165) is 18.9 Å². The van der Waals surface area contributed by atoms with Crippen molar-refractivity contribution in [2.45, 2.75) is 65.0 Å². The van der Waals surface area contributed by atoms with Crippen molar-refractivity contribution in [1.82, 2.24) is 20.2 Å². The second kappa shape index (κ2) is 7.88. The van der Waals surface area contributed by atoms with Crippen LogP contribution in [0, 0.1) is 6.92 Å². The Morgan fingerprint density at radius 2 is 1.75 bits per heavy atom. The molecular weight excluding hydrogens is 298 g/mol. The van der Waals surface area contributed by atoms with Gasteiger partial charge in [0.15, 0.2) is 6.04 Å². The lowest BCUT2D eigenvalue weighted by Gasteiger charge is -2.29. The summed E-state index contributed by atoms with van der Waals surface area (Å²) in [7, 11) is 0. The van der Waals surface area contributed by atoms with E-state index in [1.54, 1.807) is 0 Å². The van der Waals surface area contributed by atoms with E-state index in [9.17, 15) is 0 Å². The van der Waals surface area contributed by atoms with E-state index >= 15 is 0 Å². The average Bonchev–Trinajstić information content (AvgIpc) is 3.10. The molecule has 1 aromatic heterocycles. The number of nitrogens with one attached hydrogen (secondary N) is 1. The number of rotatable bonds is 6. The van der Waals surface area contributed by atoms with Gasteiger partial charge >= 0.3 is 0 Å². The Bertz CT molecular complexity index is 623. The Labute approximate surface area is 145 Å². The average molecular weight is 328 g/mol. The van der Waals surface area contributed by atoms with E-state index in [1.807, 2.05) is 0 Å². The predicted octanol–water partition coefficient (Wildman–Crippen LogP) is 2.50. The number of nitrogens with zero attached hydrogens (tertiary/aromatic N) is 4. The molecule has 0 amide bonds. The highest BCUT2D eigenvalue weighted by Crippen LogP contribution is 2.30. The quantitative estimate of drug-likeness (QED) is 0.886. The SMILES string of the molecule is CC[NH+](CC)[C@H](c1ccc(C)cc1)c1nnnn1C1CCCCC1. The molecule has 3 rings (SSSR count). The van der Waals surface area contributed by atoms with Crippen molar-refractivity contribution in [2.24, 2.45) is 0 Å². The molecule has 5 heteroatoms. The number of hydrogen-bond donors (Lipinski definition) is 1. The molecule has 1 aliphatic rings. The van der Waals surface area contributed by atoms with Crippen LogP contribution in [-0.4, -0.2) is 33.3 Å². The summed E-state index contributed by atoms with van der Waals surface area (Å²) in [5, 5.41) is 12.9. The molecule has 0 saturated heterocycles. The lowest BCUT2D eigenvalue weighted by atomic mass is 9.95. The zero-order valence-corrected chi connectivity index (χ0v) is 15.2. The minimum atomic E-state index is 0.206. The van der Waals surface area contributed by atoms with Crippen molar-refractivity contribution in [3.8, 4) is 0 Å². The number of benzene rings is 1. The molecule has 5 nitrogen and oxygen atoms in total. The van der Waals surface area contributed by atoms with Crippen molar-refractivity contribution >= 4 is 0 Å². The number of aryl methyl sites for hydroxylation is 1. The van der Waals surface area contributed by atoms with Crippen molar-refractivity contribution in [2.75, 3.05) is 13.1 Å². The van der Waals surface area contributed by atoms with Crippen LogP contribution < -0.4 is 4.90 Å². The second-order valence-electron chi connectivity index (χ2n) is 6.98. The van der Waals surface area contributed by atoms with Gasteiger partial charge in [-0.05, 0) is 44.0 Å². The summed E-state index contributed by atoms with van der Waals surface area (Å²) in [6.45, 7) is 8.75. The highest BCUT2D eigenvalue weighted by atomic mass is 15.6. The minimum Gasteiger partial charge on any atom is -0.323 e. The Morgan fingerprint density at radius 3 is 2.38 bits per heavy atom. The molecular formula is C19H30N5+. The fourth-order valence-corrected chi connectivity index (χ4v) is 3.96. The molecule has 130 valence electrons. The third-order valence-electron chi connectivity index (χ3n) is 5.42. The smallest absolute Gasteiger partial charge is 0.214 e. The monoisotopic (exact) mass is 328 g/mol. The van der Waals surface area contributed by atoms with Gasteiger partial charge in [0.25, 0.3) is 0 Å². The molecule has 0 bridgehead atoms. The van der Waals surface area contributed by atoms with Crippen LogP contribution in [0.4, 0.5) is 0 Å². The zero-order chi connectivity index (χ0) is 16.9. The van der Waals surface area contributed by atoms with E-state index in [4.69, 9.17) is 0 Å². The lowest BCUT2D eigenvalue weighted by Crippen LogP contribution is -3.12. The first kappa shape index (κ1) is 17.1. The first-order valence-corrected chi connectivity index (χ1v) is 9.43. The maximum atomic E-state index is 4.49. The third-order valence-corrected chi connectivity index (χ3v) is 5.42. The van der Waals surface area contributed by atoms with E-state index in [0.29, 0.717) is 6.04 Å². The molecule has 0 aliphatic heterocycles. The Hall–Kier alpha value is -1.75. The Balaban J connectivity index is 1.99. The number of aromatic nitrogens is 4. The van der Waals surface area contributed by atoms with Crippen LogP contribution in [0.2, 0.25) is 0 Å². The van der Waals surface area contributed by atoms with Gasteiger partial charge < -0.3 is 4.90 Å². The van der Waals surface area contributed by atoms with Gasteiger partial charge in [-0.1, -0.05) is 49.1 Å². The second-order valence-corrected chi connectivity index (χ2v) is 6.98. The molecule has 0 spiro atoms. The number of hydrogen-bond acceptors (Lipinski definition) is 3. The summed E-state index contributed by atoms with van der Waals surface area (Å²) < 4.78 is 2.13. The van der Waals surface area contributed by atoms with Crippen molar-refractivity contribution in [1.29, 1.82) is 0 Å². The predicted molar refractivity (Wildman–Crippen MR) is 95.0 cm³/mol. The summed E-state index contributed by atoms with van der Waals surface area (Å²) in [4.78, 5) is 1.51. The van der Waals surface area contributed by atoms with Crippen LogP contribution in [0.5, 0.6) is 0 Å². The van der Waals surface area contributed by atoms with Crippen molar-refractivity contribution < 1.29 is 4.90 Å². The van der Waals surface area contributed by atoms with Crippen LogP contribution >= 0.6 is 0 Å². The fourth-order valence-electron chi connectivity index (χ4n) is 3.96. The molecule has 1 aliphatic carbocycles. The van der Waals surface area contributed by atoms with Crippen LogP contribution in [0.1, 0.15) is 75.0 Å². The highest BCUT2D eigenvalue weighted by Gasteiger charge is 2.32. The minimum absolute atomic E-state index is 0.206. The molecule has 1 saturated carbocycles. The van der Waals surface area contributed by atoms with E-state index < -0.39 is 0 Å². The zero-order valence-electron chi connectivity index (χ0n) is 15.2.